The van der Waals surface area contributed by atoms with Gasteiger partial charge in [-0.1, -0.05) is 25.0 Å². The van der Waals surface area contributed by atoms with Gasteiger partial charge in [0.05, 0.1) is 5.92 Å². The number of likely N-dealkylation sites (tertiary alicyclic amines) is 1. The standard InChI is InChI=1S/C23H26FN3O2/c24-20-5-3-4-19(13-20)23(8-1-2-9-23)16-26-22(29)18-12-21(28)27(15-18)14-17-6-10-25-11-7-17/h3-7,10-11,13,18H,1-2,8-9,12,14-16H2,(H,26,29). The first-order valence-corrected chi connectivity index (χ1v) is 10.3. The van der Waals surface area contributed by atoms with Crippen LogP contribution in [0.3, 0.4) is 0 Å². The summed E-state index contributed by atoms with van der Waals surface area (Å²) < 4.78 is 13.8. The second-order valence-electron chi connectivity index (χ2n) is 8.25. The second-order valence-corrected chi connectivity index (χ2v) is 8.25. The van der Waals surface area contributed by atoms with Crippen molar-refractivity contribution in [3.05, 3.63) is 65.7 Å². The Morgan fingerprint density at radius 1 is 1.21 bits per heavy atom. The molecule has 1 N–H and O–H groups in total. The number of nitrogens with zero attached hydrogens (tertiary/aromatic N) is 2. The van der Waals surface area contributed by atoms with E-state index < -0.39 is 0 Å². The first kappa shape index (κ1) is 19.6. The third kappa shape index (κ3) is 4.31. The SMILES string of the molecule is O=C(NCC1(c2cccc(F)c2)CCCC1)C1CC(=O)N(Cc2ccncc2)C1. The number of nitrogens with one attached hydrogen (secondary N) is 1. The number of rotatable bonds is 6. The second kappa shape index (κ2) is 8.31. The van der Waals surface area contributed by atoms with Crippen LogP contribution in [0, 0.1) is 11.7 Å². The van der Waals surface area contributed by atoms with E-state index in [4.69, 9.17) is 0 Å². The van der Waals surface area contributed by atoms with Gasteiger partial charge in [-0.15, -0.1) is 0 Å². The number of aromatic nitrogens is 1. The van der Waals surface area contributed by atoms with Gasteiger partial charge in [0.25, 0.3) is 0 Å². The van der Waals surface area contributed by atoms with E-state index in [-0.39, 0.29) is 35.4 Å². The Labute approximate surface area is 170 Å². The molecule has 1 unspecified atom stereocenters. The number of hydrogen-bond acceptors (Lipinski definition) is 3. The fourth-order valence-electron chi connectivity index (χ4n) is 4.65. The van der Waals surface area contributed by atoms with Gasteiger partial charge in [-0.3, -0.25) is 14.6 Å². The number of benzene rings is 1. The fraction of sp³-hybridized carbons (Fsp3) is 0.435. The lowest BCUT2D eigenvalue weighted by molar-refractivity contribution is -0.129. The molecule has 2 fully saturated rings. The van der Waals surface area contributed by atoms with Gasteiger partial charge < -0.3 is 10.2 Å². The van der Waals surface area contributed by atoms with Crippen molar-refractivity contribution < 1.29 is 14.0 Å². The average molecular weight is 395 g/mol. The van der Waals surface area contributed by atoms with Crippen LogP contribution in [0.4, 0.5) is 4.39 Å². The van der Waals surface area contributed by atoms with Crippen molar-refractivity contribution in [2.45, 2.75) is 44.1 Å². The molecule has 1 aromatic heterocycles. The maximum Gasteiger partial charge on any atom is 0.225 e. The third-order valence-corrected chi connectivity index (χ3v) is 6.31. The van der Waals surface area contributed by atoms with Crippen LogP contribution in [0.5, 0.6) is 0 Å². The largest absolute Gasteiger partial charge is 0.355 e. The van der Waals surface area contributed by atoms with Crippen LogP contribution in [0.1, 0.15) is 43.2 Å². The maximum atomic E-state index is 13.8. The van der Waals surface area contributed by atoms with E-state index in [1.54, 1.807) is 29.4 Å². The summed E-state index contributed by atoms with van der Waals surface area (Å²) in [6.07, 6.45) is 7.68. The Balaban J connectivity index is 1.38. The van der Waals surface area contributed by atoms with Gasteiger partial charge in [0, 0.05) is 43.9 Å². The van der Waals surface area contributed by atoms with Crippen molar-refractivity contribution >= 4 is 11.8 Å². The summed E-state index contributed by atoms with van der Waals surface area (Å²) >= 11 is 0. The Bertz CT molecular complexity index is 881. The lowest BCUT2D eigenvalue weighted by atomic mass is 9.78. The molecule has 0 bridgehead atoms. The van der Waals surface area contributed by atoms with Crippen molar-refractivity contribution in [3.8, 4) is 0 Å². The maximum absolute atomic E-state index is 13.8. The van der Waals surface area contributed by atoms with Gasteiger partial charge in [0.2, 0.25) is 11.8 Å². The van der Waals surface area contributed by atoms with Crippen LogP contribution < -0.4 is 5.32 Å². The first-order valence-electron chi connectivity index (χ1n) is 10.3. The molecule has 5 nitrogen and oxygen atoms in total. The molecule has 0 spiro atoms. The molecule has 2 amide bonds. The highest BCUT2D eigenvalue weighted by Crippen LogP contribution is 2.41. The zero-order valence-electron chi connectivity index (χ0n) is 16.4. The number of carbonyl (C=O) groups is 2. The predicted molar refractivity (Wildman–Crippen MR) is 107 cm³/mol. The number of amides is 2. The minimum Gasteiger partial charge on any atom is -0.355 e. The minimum absolute atomic E-state index is 0.00247. The fourth-order valence-corrected chi connectivity index (χ4v) is 4.65. The van der Waals surface area contributed by atoms with Crippen molar-refractivity contribution in [1.82, 2.24) is 15.2 Å². The smallest absolute Gasteiger partial charge is 0.225 e. The summed E-state index contributed by atoms with van der Waals surface area (Å²) in [5.41, 5.74) is 1.75. The van der Waals surface area contributed by atoms with Crippen molar-refractivity contribution in [3.63, 3.8) is 0 Å². The molecule has 1 atom stereocenters. The molecule has 1 aliphatic heterocycles. The van der Waals surface area contributed by atoms with Gasteiger partial charge in [-0.25, -0.2) is 4.39 Å². The van der Waals surface area contributed by atoms with Gasteiger partial charge in [-0.05, 0) is 48.2 Å². The van der Waals surface area contributed by atoms with E-state index in [0.29, 0.717) is 19.6 Å². The van der Waals surface area contributed by atoms with Gasteiger partial charge >= 0.3 is 0 Å². The number of halogens is 1. The van der Waals surface area contributed by atoms with E-state index >= 15 is 0 Å². The summed E-state index contributed by atoms with van der Waals surface area (Å²) in [5.74, 6) is -0.663. The molecule has 0 radical (unpaired) electrons. The zero-order valence-corrected chi connectivity index (χ0v) is 16.4. The zero-order chi connectivity index (χ0) is 20.3. The molecule has 1 saturated heterocycles. The number of pyridine rings is 1. The van der Waals surface area contributed by atoms with Crippen LogP contribution in [-0.2, 0) is 21.5 Å². The molecule has 152 valence electrons. The Hall–Kier alpha value is -2.76. The van der Waals surface area contributed by atoms with E-state index in [1.165, 1.54) is 6.07 Å². The normalized spacial score (nSPS) is 20.8. The topological polar surface area (TPSA) is 62.3 Å². The summed E-state index contributed by atoms with van der Waals surface area (Å²) in [4.78, 5) is 30.9. The Morgan fingerprint density at radius 2 is 1.97 bits per heavy atom. The highest BCUT2D eigenvalue weighted by molar-refractivity contribution is 5.89. The van der Waals surface area contributed by atoms with Crippen molar-refractivity contribution in [2.24, 2.45) is 5.92 Å². The van der Waals surface area contributed by atoms with Gasteiger partial charge in [0.1, 0.15) is 5.82 Å². The molecule has 2 aliphatic rings. The summed E-state index contributed by atoms with van der Waals surface area (Å²) in [5, 5.41) is 3.08. The van der Waals surface area contributed by atoms with Crippen LogP contribution in [0.2, 0.25) is 0 Å². The van der Waals surface area contributed by atoms with Gasteiger partial charge in [0.15, 0.2) is 0 Å². The predicted octanol–water partition coefficient (Wildman–Crippen LogP) is 3.20. The Morgan fingerprint density at radius 3 is 2.69 bits per heavy atom. The van der Waals surface area contributed by atoms with Crippen molar-refractivity contribution in [1.29, 1.82) is 0 Å². The minimum atomic E-state index is -0.338. The molecular weight excluding hydrogens is 369 g/mol. The van der Waals surface area contributed by atoms with Crippen LogP contribution >= 0.6 is 0 Å². The molecule has 6 heteroatoms. The number of hydrogen-bond donors (Lipinski definition) is 1. The quantitative estimate of drug-likeness (QED) is 0.817. The molecule has 4 rings (SSSR count). The van der Waals surface area contributed by atoms with Gasteiger partial charge in [-0.2, -0.15) is 0 Å². The van der Waals surface area contributed by atoms with E-state index in [0.717, 1.165) is 36.8 Å². The highest BCUT2D eigenvalue weighted by atomic mass is 19.1. The molecule has 2 aromatic rings. The van der Waals surface area contributed by atoms with Crippen LogP contribution in [0.25, 0.3) is 0 Å². The Kier molecular flexibility index (Phi) is 5.60. The molecule has 1 aliphatic carbocycles. The van der Waals surface area contributed by atoms with Crippen LogP contribution in [0.15, 0.2) is 48.8 Å². The molecule has 2 heterocycles. The average Bonchev–Trinajstić information content (AvgIpc) is 3.35. The third-order valence-electron chi connectivity index (χ3n) is 6.31. The number of carbonyl (C=O) groups excluding carboxylic acids is 2. The van der Waals surface area contributed by atoms with E-state index in [1.807, 2.05) is 18.2 Å². The first-order chi connectivity index (χ1) is 14.1. The lowest BCUT2D eigenvalue weighted by Gasteiger charge is -2.30. The molecule has 1 aromatic carbocycles. The van der Waals surface area contributed by atoms with E-state index in [9.17, 15) is 14.0 Å². The summed E-state index contributed by atoms with van der Waals surface area (Å²) in [7, 11) is 0. The van der Waals surface area contributed by atoms with Crippen LogP contribution in [-0.4, -0.2) is 34.8 Å². The lowest BCUT2D eigenvalue weighted by Crippen LogP contribution is -2.42. The monoisotopic (exact) mass is 395 g/mol. The van der Waals surface area contributed by atoms with Crippen molar-refractivity contribution in [2.75, 3.05) is 13.1 Å². The molecular formula is C23H26FN3O2. The summed E-state index contributed by atoms with van der Waals surface area (Å²) in [6.45, 7) is 1.42. The molecule has 29 heavy (non-hydrogen) atoms. The summed E-state index contributed by atoms with van der Waals surface area (Å²) in [6, 6.07) is 10.5. The highest BCUT2D eigenvalue weighted by Gasteiger charge is 2.38. The molecule has 1 saturated carbocycles. The van der Waals surface area contributed by atoms with E-state index in [2.05, 4.69) is 10.3 Å².